The highest BCUT2D eigenvalue weighted by molar-refractivity contribution is 7.09. The summed E-state index contributed by atoms with van der Waals surface area (Å²) in [5.74, 6) is 0.377. The van der Waals surface area contributed by atoms with Crippen LogP contribution >= 0.6 is 11.3 Å². The molecule has 1 amide bonds. The smallest absolute Gasteiger partial charge is 0.239 e. The maximum Gasteiger partial charge on any atom is 0.239 e. The second-order valence-corrected chi connectivity index (χ2v) is 6.62. The van der Waals surface area contributed by atoms with Crippen LogP contribution in [-0.2, 0) is 11.3 Å². The van der Waals surface area contributed by atoms with Gasteiger partial charge in [-0.25, -0.2) is 0 Å². The minimum atomic E-state index is -0.344. The van der Waals surface area contributed by atoms with E-state index in [9.17, 15) is 4.79 Å². The van der Waals surface area contributed by atoms with Gasteiger partial charge in [0.25, 0.3) is 0 Å². The normalized spacial score (nSPS) is 19.9. The molecule has 1 aromatic heterocycles. The molecule has 0 saturated carbocycles. The summed E-state index contributed by atoms with van der Waals surface area (Å²) in [5.41, 5.74) is 6.04. The molecule has 0 spiro atoms. The van der Waals surface area contributed by atoms with Gasteiger partial charge in [0.1, 0.15) is 0 Å². The van der Waals surface area contributed by atoms with E-state index in [1.807, 2.05) is 4.90 Å². The van der Waals surface area contributed by atoms with Crippen molar-refractivity contribution in [3.63, 3.8) is 0 Å². The highest BCUT2D eigenvalue weighted by Crippen LogP contribution is 2.15. The van der Waals surface area contributed by atoms with Gasteiger partial charge in [-0.05, 0) is 17.4 Å². The molecule has 1 aliphatic heterocycles. The average molecular weight is 295 g/mol. The summed E-state index contributed by atoms with van der Waals surface area (Å²) in [5, 5.41) is 2.11. The zero-order valence-electron chi connectivity index (χ0n) is 12.4. The molecular weight excluding hydrogens is 270 g/mol. The van der Waals surface area contributed by atoms with Crippen LogP contribution in [0.15, 0.2) is 17.5 Å². The summed E-state index contributed by atoms with van der Waals surface area (Å²) in [4.78, 5) is 18.0. The predicted octanol–water partition coefficient (Wildman–Crippen LogP) is 1.77. The Morgan fingerprint density at radius 2 is 2.10 bits per heavy atom. The molecule has 0 aliphatic carbocycles. The summed E-state index contributed by atoms with van der Waals surface area (Å²) in [7, 11) is 0. The van der Waals surface area contributed by atoms with Gasteiger partial charge in [0, 0.05) is 37.6 Å². The van der Waals surface area contributed by atoms with Crippen molar-refractivity contribution in [1.29, 1.82) is 0 Å². The molecule has 1 unspecified atom stereocenters. The topological polar surface area (TPSA) is 49.6 Å². The third kappa shape index (κ3) is 3.81. The molecule has 20 heavy (non-hydrogen) atoms. The highest BCUT2D eigenvalue weighted by atomic mass is 32.1. The number of amides is 1. The number of hydrogen-bond donors (Lipinski definition) is 1. The van der Waals surface area contributed by atoms with Crippen molar-refractivity contribution in [3.05, 3.63) is 22.4 Å². The molecule has 0 bridgehead atoms. The minimum absolute atomic E-state index is 0.120. The largest absolute Gasteiger partial charge is 0.339 e. The maximum atomic E-state index is 12.3. The Hall–Kier alpha value is -0.910. The average Bonchev–Trinajstić information content (AvgIpc) is 2.98. The summed E-state index contributed by atoms with van der Waals surface area (Å²) in [6, 6.07) is 3.91. The molecule has 2 atom stereocenters. The van der Waals surface area contributed by atoms with Crippen molar-refractivity contribution < 1.29 is 4.79 Å². The van der Waals surface area contributed by atoms with Crippen LogP contribution in [0.3, 0.4) is 0 Å². The number of hydrogen-bond acceptors (Lipinski definition) is 4. The van der Waals surface area contributed by atoms with Crippen molar-refractivity contribution in [3.8, 4) is 0 Å². The van der Waals surface area contributed by atoms with E-state index in [4.69, 9.17) is 5.73 Å². The second kappa shape index (κ2) is 7.20. The van der Waals surface area contributed by atoms with Crippen LogP contribution in [-0.4, -0.2) is 47.9 Å². The predicted molar refractivity (Wildman–Crippen MR) is 83.6 cm³/mol. The van der Waals surface area contributed by atoms with Crippen molar-refractivity contribution >= 4 is 17.2 Å². The Balaban J connectivity index is 1.80. The van der Waals surface area contributed by atoms with Gasteiger partial charge >= 0.3 is 0 Å². The van der Waals surface area contributed by atoms with Gasteiger partial charge < -0.3 is 10.6 Å². The lowest BCUT2D eigenvalue weighted by Gasteiger charge is -2.36. The maximum absolute atomic E-state index is 12.3. The number of piperazine rings is 1. The summed E-state index contributed by atoms with van der Waals surface area (Å²) in [6.07, 6.45) is 0.950. The van der Waals surface area contributed by atoms with E-state index >= 15 is 0 Å². The zero-order valence-corrected chi connectivity index (χ0v) is 13.2. The van der Waals surface area contributed by atoms with Gasteiger partial charge in [-0.15, -0.1) is 11.3 Å². The van der Waals surface area contributed by atoms with Crippen LogP contribution < -0.4 is 5.73 Å². The monoisotopic (exact) mass is 295 g/mol. The third-order valence-electron chi connectivity index (χ3n) is 4.19. The van der Waals surface area contributed by atoms with E-state index in [2.05, 4.69) is 36.3 Å². The zero-order chi connectivity index (χ0) is 14.5. The first-order valence-electron chi connectivity index (χ1n) is 7.41. The van der Waals surface area contributed by atoms with Gasteiger partial charge in [0.2, 0.25) is 5.91 Å². The van der Waals surface area contributed by atoms with Gasteiger partial charge in [-0.1, -0.05) is 26.3 Å². The molecule has 1 aromatic rings. The van der Waals surface area contributed by atoms with E-state index in [0.29, 0.717) is 0 Å². The summed E-state index contributed by atoms with van der Waals surface area (Å²) in [6.45, 7) is 8.61. The fraction of sp³-hybridized carbons (Fsp3) is 0.667. The molecule has 2 heterocycles. The molecule has 1 saturated heterocycles. The number of nitrogens with two attached hydrogens (primary N) is 1. The van der Waals surface area contributed by atoms with E-state index < -0.39 is 0 Å². The molecule has 1 fully saturated rings. The van der Waals surface area contributed by atoms with Crippen molar-refractivity contribution in [1.82, 2.24) is 9.80 Å². The molecule has 2 rings (SSSR count). The molecule has 112 valence electrons. The lowest BCUT2D eigenvalue weighted by atomic mass is 9.98. The highest BCUT2D eigenvalue weighted by Gasteiger charge is 2.27. The lowest BCUT2D eigenvalue weighted by molar-refractivity contribution is -0.135. The lowest BCUT2D eigenvalue weighted by Crippen LogP contribution is -2.54. The molecule has 2 N–H and O–H groups in total. The first-order valence-corrected chi connectivity index (χ1v) is 8.29. The number of nitrogens with zero attached hydrogens (tertiary/aromatic N) is 2. The fourth-order valence-corrected chi connectivity index (χ4v) is 3.20. The van der Waals surface area contributed by atoms with Gasteiger partial charge in [0.05, 0.1) is 6.04 Å². The number of rotatable bonds is 5. The van der Waals surface area contributed by atoms with Crippen molar-refractivity contribution in [2.45, 2.75) is 32.9 Å². The van der Waals surface area contributed by atoms with Crippen LogP contribution in [0.5, 0.6) is 0 Å². The first kappa shape index (κ1) is 15.5. The summed E-state index contributed by atoms with van der Waals surface area (Å²) < 4.78 is 0. The SMILES string of the molecule is CCC(C)[C@H](N)C(=O)N1CCN(Cc2cccs2)CC1. The van der Waals surface area contributed by atoms with Crippen LogP contribution in [0.4, 0.5) is 0 Å². The Morgan fingerprint density at radius 3 is 2.65 bits per heavy atom. The van der Waals surface area contributed by atoms with E-state index in [1.54, 1.807) is 11.3 Å². The molecule has 4 nitrogen and oxygen atoms in total. The molecular formula is C15H25N3OS. The summed E-state index contributed by atoms with van der Waals surface area (Å²) >= 11 is 1.79. The Bertz CT molecular complexity index is 413. The quantitative estimate of drug-likeness (QED) is 0.900. The molecule has 5 heteroatoms. The van der Waals surface area contributed by atoms with Gasteiger partial charge in [-0.2, -0.15) is 0 Å². The van der Waals surface area contributed by atoms with Crippen LogP contribution in [0.25, 0.3) is 0 Å². The molecule has 1 aliphatic rings. The number of carbonyl (C=O) groups is 1. The van der Waals surface area contributed by atoms with Crippen LogP contribution in [0, 0.1) is 5.92 Å². The second-order valence-electron chi connectivity index (χ2n) is 5.59. The molecule has 0 radical (unpaired) electrons. The first-order chi connectivity index (χ1) is 9.61. The van der Waals surface area contributed by atoms with Crippen LogP contribution in [0.1, 0.15) is 25.1 Å². The van der Waals surface area contributed by atoms with E-state index in [0.717, 1.165) is 39.1 Å². The Labute approximate surface area is 125 Å². The minimum Gasteiger partial charge on any atom is -0.339 e. The Kier molecular flexibility index (Phi) is 5.57. The van der Waals surface area contributed by atoms with Crippen molar-refractivity contribution in [2.75, 3.05) is 26.2 Å². The Morgan fingerprint density at radius 1 is 1.40 bits per heavy atom. The number of thiophene rings is 1. The third-order valence-corrected chi connectivity index (χ3v) is 5.05. The van der Waals surface area contributed by atoms with Crippen LogP contribution in [0.2, 0.25) is 0 Å². The number of carbonyl (C=O) groups excluding carboxylic acids is 1. The van der Waals surface area contributed by atoms with Gasteiger partial charge in [0.15, 0.2) is 0 Å². The standard InChI is InChI=1S/C15H25N3OS/c1-3-12(2)14(16)15(19)18-8-6-17(7-9-18)11-13-5-4-10-20-13/h4-5,10,12,14H,3,6-9,11,16H2,1-2H3/t12?,14-/m0/s1. The van der Waals surface area contributed by atoms with E-state index in [-0.39, 0.29) is 17.9 Å². The molecule has 0 aromatic carbocycles. The fourth-order valence-electron chi connectivity index (χ4n) is 2.46. The van der Waals surface area contributed by atoms with E-state index in [1.165, 1.54) is 4.88 Å². The van der Waals surface area contributed by atoms with Crippen molar-refractivity contribution in [2.24, 2.45) is 11.7 Å². The van der Waals surface area contributed by atoms with Gasteiger partial charge in [-0.3, -0.25) is 9.69 Å².